The van der Waals surface area contributed by atoms with Gasteiger partial charge in [0.05, 0.1) is 12.1 Å². The topological polar surface area (TPSA) is 63.2 Å². The zero-order valence-electron chi connectivity index (χ0n) is 13.3. The zero-order valence-corrected chi connectivity index (χ0v) is 14.1. The standard InChI is InChI=1S/C16H21N3O2S/c1-10-5-6-13(21-4)7-14(10)19-16(20)17-8-11(2)15-18-12(3)9-22-15/h5-7,9,11H,8H2,1-4H3,(H2,17,19,20). The van der Waals surface area contributed by atoms with Gasteiger partial charge in [-0.1, -0.05) is 13.0 Å². The van der Waals surface area contributed by atoms with Gasteiger partial charge in [-0.05, 0) is 25.5 Å². The van der Waals surface area contributed by atoms with Crippen LogP contribution < -0.4 is 15.4 Å². The zero-order chi connectivity index (χ0) is 16.1. The fourth-order valence-corrected chi connectivity index (χ4v) is 2.82. The summed E-state index contributed by atoms with van der Waals surface area (Å²) in [6.45, 7) is 6.51. The minimum absolute atomic E-state index is 0.191. The van der Waals surface area contributed by atoms with Crippen molar-refractivity contribution in [1.82, 2.24) is 10.3 Å². The summed E-state index contributed by atoms with van der Waals surface area (Å²) in [6, 6.07) is 5.36. The molecule has 1 heterocycles. The summed E-state index contributed by atoms with van der Waals surface area (Å²) in [5.41, 5.74) is 2.75. The molecule has 1 atom stereocenters. The fraction of sp³-hybridized carbons (Fsp3) is 0.375. The molecule has 22 heavy (non-hydrogen) atoms. The Kier molecular flexibility index (Phi) is 5.38. The van der Waals surface area contributed by atoms with E-state index in [-0.39, 0.29) is 11.9 Å². The summed E-state index contributed by atoms with van der Waals surface area (Å²) < 4.78 is 5.17. The Hall–Kier alpha value is -2.08. The Morgan fingerprint density at radius 2 is 2.18 bits per heavy atom. The van der Waals surface area contributed by atoms with E-state index in [9.17, 15) is 4.79 Å². The molecule has 0 radical (unpaired) electrons. The normalized spacial score (nSPS) is 11.8. The first-order valence-electron chi connectivity index (χ1n) is 7.11. The van der Waals surface area contributed by atoms with Crippen LogP contribution in [0.5, 0.6) is 5.75 Å². The lowest BCUT2D eigenvalue weighted by Crippen LogP contribution is -2.32. The molecule has 0 saturated carbocycles. The van der Waals surface area contributed by atoms with Crippen molar-refractivity contribution in [2.75, 3.05) is 19.0 Å². The Morgan fingerprint density at radius 3 is 2.82 bits per heavy atom. The average molecular weight is 319 g/mol. The lowest BCUT2D eigenvalue weighted by molar-refractivity contribution is 0.251. The molecule has 0 bridgehead atoms. The number of hydrogen-bond acceptors (Lipinski definition) is 4. The molecule has 2 amide bonds. The van der Waals surface area contributed by atoms with Crippen LogP contribution in [-0.2, 0) is 0 Å². The number of thiazole rings is 1. The van der Waals surface area contributed by atoms with E-state index in [1.54, 1.807) is 18.4 Å². The minimum atomic E-state index is -0.225. The Balaban J connectivity index is 1.90. The second-order valence-corrected chi connectivity index (χ2v) is 6.13. The molecule has 0 aliphatic heterocycles. The van der Waals surface area contributed by atoms with Crippen LogP contribution in [0.2, 0.25) is 0 Å². The van der Waals surface area contributed by atoms with Crippen LogP contribution in [0, 0.1) is 13.8 Å². The third-order valence-electron chi connectivity index (χ3n) is 3.32. The van der Waals surface area contributed by atoms with Crippen LogP contribution >= 0.6 is 11.3 Å². The van der Waals surface area contributed by atoms with Crippen LogP contribution in [0.25, 0.3) is 0 Å². The second kappa shape index (κ2) is 7.26. The van der Waals surface area contributed by atoms with Gasteiger partial charge in [0, 0.05) is 35.3 Å². The molecule has 118 valence electrons. The molecule has 0 aliphatic rings. The minimum Gasteiger partial charge on any atom is -0.497 e. The molecular weight excluding hydrogens is 298 g/mol. The van der Waals surface area contributed by atoms with Gasteiger partial charge in [0.15, 0.2) is 0 Å². The predicted octanol–water partition coefficient (Wildman–Crippen LogP) is 3.69. The highest BCUT2D eigenvalue weighted by Crippen LogP contribution is 2.22. The summed E-state index contributed by atoms with van der Waals surface area (Å²) in [6.07, 6.45) is 0. The maximum atomic E-state index is 12.0. The first-order valence-corrected chi connectivity index (χ1v) is 7.99. The lowest BCUT2D eigenvalue weighted by atomic mass is 10.2. The molecule has 5 nitrogen and oxygen atoms in total. The largest absolute Gasteiger partial charge is 0.497 e. The number of carbonyl (C=O) groups excluding carboxylic acids is 1. The van der Waals surface area contributed by atoms with Gasteiger partial charge in [0.25, 0.3) is 0 Å². The van der Waals surface area contributed by atoms with E-state index in [1.165, 1.54) is 0 Å². The van der Waals surface area contributed by atoms with E-state index >= 15 is 0 Å². The van der Waals surface area contributed by atoms with E-state index in [4.69, 9.17) is 4.74 Å². The predicted molar refractivity (Wildman–Crippen MR) is 90.0 cm³/mol. The first-order chi connectivity index (χ1) is 10.5. The molecule has 2 N–H and O–H groups in total. The van der Waals surface area contributed by atoms with Crippen molar-refractivity contribution in [3.8, 4) is 5.75 Å². The molecule has 1 aromatic carbocycles. The molecule has 0 spiro atoms. The molecule has 0 fully saturated rings. The highest BCUT2D eigenvalue weighted by Gasteiger charge is 2.12. The monoisotopic (exact) mass is 319 g/mol. The van der Waals surface area contributed by atoms with Gasteiger partial charge in [0.1, 0.15) is 5.75 Å². The van der Waals surface area contributed by atoms with Crippen molar-refractivity contribution in [2.45, 2.75) is 26.7 Å². The van der Waals surface area contributed by atoms with Gasteiger partial charge in [0.2, 0.25) is 0 Å². The van der Waals surface area contributed by atoms with Crippen molar-refractivity contribution >= 4 is 23.1 Å². The first kappa shape index (κ1) is 16.3. The number of hydrogen-bond donors (Lipinski definition) is 2. The molecule has 2 aromatic rings. The summed E-state index contributed by atoms with van der Waals surface area (Å²) in [7, 11) is 1.60. The molecule has 2 rings (SSSR count). The number of nitrogens with zero attached hydrogens (tertiary/aromatic N) is 1. The van der Waals surface area contributed by atoms with Gasteiger partial charge < -0.3 is 15.4 Å². The van der Waals surface area contributed by atoms with Crippen molar-refractivity contribution in [3.05, 3.63) is 39.8 Å². The molecular formula is C16H21N3O2S. The molecule has 1 unspecified atom stereocenters. The third kappa shape index (κ3) is 4.21. The quantitative estimate of drug-likeness (QED) is 0.883. The van der Waals surface area contributed by atoms with Gasteiger partial charge in [-0.2, -0.15) is 0 Å². The van der Waals surface area contributed by atoms with Crippen molar-refractivity contribution in [2.24, 2.45) is 0 Å². The number of methoxy groups -OCH3 is 1. The van der Waals surface area contributed by atoms with Gasteiger partial charge >= 0.3 is 6.03 Å². The van der Waals surface area contributed by atoms with Crippen LogP contribution in [0.15, 0.2) is 23.6 Å². The Bertz CT molecular complexity index is 655. The number of nitrogens with one attached hydrogen (secondary N) is 2. The third-order valence-corrected chi connectivity index (χ3v) is 4.51. The number of benzene rings is 1. The van der Waals surface area contributed by atoms with Gasteiger partial charge in [-0.3, -0.25) is 0 Å². The molecule has 6 heteroatoms. The van der Waals surface area contributed by atoms with Crippen LogP contribution in [0.4, 0.5) is 10.5 Å². The second-order valence-electron chi connectivity index (χ2n) is 5.24. The van der Waals surface area contributed by atoms with Crippen LogP contribution in [-0.4, -0.2) is 24.7 Å². The number of anilines is 1. The van der Waals surface area contributed by atoms with Crippen molar-refractivity contribution in [3.63, 3.8) is 0 Å². The number of urea groups is 1. The average Bonchev–Trinajstić information content (AvgIpc) is 2.93. The van der Waals surface area contributed by atoms with E-state index in [2.05, 4.69) is 22.5 Å². The van der Waals surface area contributed by atoms with Crippen molar-refractivity contribution in [1.29, 1.82) is 0 Å². The maximum absolute atomic E-state index is 12.0. The molecule has 1 aromatic heterocycles. The molecule has 0 aliphatic carbocycles. The Morgan fingerprint density at radius 1 is 1.41 bits per heavy atom. The van der Waals surface area contributed by atoms with Gasteiger partial charge in [-0.25, -0.2) is 9.78 Å². The highest BCUT2D eigenvalue weighted by atomic mass is 32.1. The van der Waals surface area contributed by atoms with E-state index in [0.29, 0.717) is 12.3 Å². The summed E-state index contributed by atoms with van der Waals surface area (Å²) in [5, 5.41) is 8.79. The highest BCUT2D eigenvalue weighted by molar-refractivity contribution is 7.09. The lowest BCUT2D eigenvalue weighted by Gasteiger charge is -2.13. The number of amides is 2. The fourth-order valence-electron chi connectivity index (χ4n) is 1.96. The van der Waals surface area contributed by atoms with Gasteiger partial charge in [-0.15, -0.1) is 11.3 Å². The smallest absolute Gasteiger partial charge is 0.319 e. The Labute approximate surface area is 134 Å². The summed E-state index contributed by atoms with van der Waals surface area (Å²) in [4.78, 5) is 16.5. The van der Waals surface area contributed by atoms with Crippen LogP contribution in [0.1, 0.15) is 29.1 Å². The van der Waals surface area contributed by atoms with E-state index in [0.717, 1.165) is 22.0 Å². The maximum Gasteiger partial charge on any atom is 0.319 e. The summed E-state index contributed by atoms with van der Waals surface area (Å²) in [5.74, 6) is 0.906. The number of aromatic nitrogens is 1. The summed E-state index contributed by atoms with van der Waals surface area (Å²) >= 11 is 1.62. The van der Waals surface area contributed by atoms with Crippen LogP contribution in [0.3, 0.4) is 0 Å². The SMILES string of the molecule is COc1ccc(C)c(NC(=O)NCC(C)c2nc(C)cs2)c1. The number of carbonyl (C=O) groups is 1. The molecule has 0 saturated heterocycles. The van der Waals surface area contributed by atoms with Crippen molar-refractivity contribution < 1.29 is 9.53 Å². The van der Waals surface area contributed by atoms with E-state index < -0.39 is 0 Å². The number of aryl methyl sites for hydroxylation is 2. The van der Waals surface area contributed by atoms with E-state index in [1.807, 2.05) is 37.4 Å². The number of ether oxygens (including phenoxy) is 1. The number of rotatable bonds is 5.